The molecule has 1 heterocycles. The molecule has 26 heavy (non-hydrogen) atoms. The van der Waals surface area contributed by atoms with Crippen LogP contribution >= 0.6 is 0 Å². The summed E-state index contributed by atoms with van der Waals surface area (Å²) in [5.74, 6) is -1.56. The number of nitrogens with one attached hydrogen (secondary N) is 1. The Hall–Kier alpha value is -2.76. The minimum Gasteiger partial charge on any atom is -0.466 e. The molecule has 0 aliphatic carbocycles. The first-order valence-electron chi connectivity index (χ1n) is 8.70. The first kappa shape index (κ1) is 21.3. The van der Waals surface area contributed by atoms with E-state index in [0.29, 0.717) is 28.2 Å². The Kier molecular flexibility index (Phi) is 7.90. The third-order valence-electron chi connectivity index (χ3n) is 3.91. The highest BCUT2D eigenvalue weighted by Gasteiger charge is 2.37. The van der Waals surface area contributed by atoms with E-state index in [-0.39, 0.29) is 6.61 Å². The summed E-state index contributed by atoms with van der Waals surface area (Å²) in [6, 6.07) is 7.11. The number of carbonyl (C=O) groups excluding carboxylic acids is 2. The van der Waals surface area contributed by atoms with E-state index < -0.39 is 17.9 Å². The highest BCUT2D eigenvalue weighted by molar-refractivity contribution is 5.99. The monoisotopic (exact) mass is 360 g/mol. The lowest BCUT2D eigenvalue weighted by molar-refractivity contribution is -0.139. The number of ether oxygens (including phenoxy) is 2. The fraction of sp³-hybridized carbons (Fsp3) is 0.400. The van der Waals surface area contributed by atoms with Gasteiger partial charge in [0, 0.05) is 17.1 Å². The van der Waals surface area contributed by atoms with Gasteiger partial charge in [0.15, 0.2) is 0 Å². The predicted octanol–water partition coefficient (Wildman–Crippen LogP) is 3.27. The molecule has 2 rings (SSSR count). The molecule has 0 amide bonds. The summed E-state index contributed by atoms with van der Waals surface area (Å²) < 4.78 is 10.1. The number of methoxy groups -OCH3 is 1. The lowest BCUT2D eigenvalue weighted by Gasteiger charge is -2.30. The smallest absolute Gasteiger partial charge is 0.336 e. The van der Waals surface area contributed by atoms with Crippen LogP contribution in [0.1, 0.15) is 46.1 Å². The maximum Gasteiger partial charge on any atom is 0.336 e. The molecule has 0 radical (unpaired) electrons. The zero-order chi connectivity index (χ0) is 19.9. The molecule has 0 saturated carbocycles. The van der Waals surface area contributed by atoms with Crippen molar-refractivity contribution < 1.29 is 19.1 Å². The summed E-state index contributed by atoms with van der Waals surface area (Å²) in [7, 11) is 1.31. The second-order valence-electron chi connectivity index (χ2n) is 5.52. The molecule has 1 aromatic rings. The summed E-state index contributed by atoms with van der Waals surface area (Å²) in [5, 5.41) is 3.07. The molecule has 1 aliphatic rings. The van der Waals surface area contributed by atoms with Gasteiger partial charge in [-0.05, 0) is 38.5 Å². The number of nitrogens with two attached hydrogens (primary N) is 1. The van der Waals surface area contributed by atoms with Crippen molar-refractivity contribution in [3.05, 3.63) is 52.4 Å². The van der Waals surface area contributed by atoms with Gasteiger partial charge in [0.1, 0.15) is 0 Å². The zero-order valence-corrected chi connectivity index (χ0v) is 16.3. The van der Waals surface area contributed by atoms with Gasteiger partial charge >= 0.3 is 11.9 Å². The van der Waals surface area contributed by atoms with Crippen molar-refractivity contribution >= 4 is 17.6 Å². The number of hydrogen-bond acceptors (Lipinski definition) is 6. The minimum atomic E-state index is -0.596. The quantitative estimate of drug-likeness (QED) is 0.633. The fourth-order valence-electron chi connectivity index (χ4n) is 2.93. The number of carbonyl (C=O) groups is 2. The van der Waals surface area contributed by atoms with Crippen molar-refractivity contribution in [2.24, 2.45) is 0 Å². The summed E-state index contributed by atoms with van der Waals surface area (Å²) in [6.07, 6.45) is 0. The number of dihydropyridines is 1. The number of esters is 2. The molecular weight excluding hydrogens is 332 g/mol. The predicted molar refractivity (Wildman–Crippen MR) is 102 cm³/mol. The molecule has 0 aromatic heterocycles. The van der Waals surface area contributed by atoms with Crippen LogP contribution in [0.4, 0.5) is 5.69 Å². The van der Waals surface area contributed by atoms with Crippen LogP contribution in [0.3, 0.4) is 0 Å². The van der Waals surface area contributed by atoms with Crippen molar-refractivity contribution in [1.82, 2.24) is 5.32 Å². The number of allylic oxidation sites excluding steroid dienone is 2. The third-order valence-corrected chi connectivity index (χ3v) is 3.91. The Morgan fingerprint density at radius 2 is 1.69 bits per heavy atom. The highest BCUT2D eigenvalue weighted by Crippen LogP contribution is 2.39. The number of rotatable bonds is 4. The summed E-state index contributed by atoms with van der Waals surface area (Å²) in [5.41, 5.74) is 9.21. The summed E-state index contributed by atoms with van der Waals surface area (Å²) in [6.45, 7) is 9.54. The molecule has 0 spiro atoms. The molecule has 0 fully saturated rings. The molecular formula is C20H28N2O4. The molecule has 1 aromatic carbocycles. The third kappa shape index (κ3) is 4.45. The van der Waals surface area contributed by atoms with Crippen molar-refractivity contribution in [2.75, 3.05) is 19.5 Å². The first-order valence-corrected chi connectivity index (χ1v) is 8.70. The van der Waals surface area contributed by atoms with Gasteiger partial charge in [-0.25, -0.2) is 9.59 Å². The van der Waals surface area contributed by atoms with E-state index >= 15 is 0 Å². The number of anilines is 1. The van der Waals surface area contributed by atoms with Crippen LogP contribution in [0.15, 0.2) is 46.8 Å². The van der Waals surface area contributed by atoms with Gasteiger partial charge in [0.2, 0.25) is 0 Å². The van der Waals surface area contributed by atoms with Crippen LogP contribution in [0.25, 0.3) is 0 Å². The van der Waals surface area contributed by atoms with Gasteiger partial charge in [0.05, 0.1) is 30.8 Å². The van der Waals surface area contributed by atoms with Crippen LogP contribution in [0, 0.1) is 0 Å². The Bertz CT molecular complexity index is 735. The molecule has 6 heteroatoms. The average molecular weight is 360 g/mol. The standard InChI is InChI=1S/C18H22N2O4.C2H6/c1-5-24-18(22)15-11(3)20-10(2)14(17(21)23-4)16(15)12-7-6-8-13(19)9-12;1-2/h6-9,16,20H,5,19H2,1-4H3;1-2H3. The van der Waals surface area contributed by atoms with E-state index in [1.807, 2.05) is 19.9 Å². The van der Waals surface area contributed by atoms with Crippen molar-refractivity contribution in [2.45, 2.75) is 40.5 Å². The van der Waals surface area contributed by atoms with Gasteiger partial charge in [-0.2, -0.15) is 0 Å². The molecule has 1 aliphatic heterocycles. The van der Waals surface area contributed by atoms with Crippen molar-refractivity contribution in [3.8, 4) is 0 Å². The van der Waals surface area contributed by atoms with E-state index in [4.69, 9.17) is 15.2 Å². The van der Waals surface area contributed by atoms with Gasteiger partial charge in [0.25, 0.3) is 0 Å². The van der Waals surface area contributed by atoms with Gasteiger partial charge in [-0.15, -0.1) is 0 Å². The maximum atomic E-state index is 12.5. The van der Waals surface area contributed by atoms with Crippen molar-refractivity contribution in [3.63, 3.8) is 0 Å². The van der Waals surface area contributed by atoms with Crippen molar-refractivity contribution in [1.29, 1.82) is 0 Å². The van der Waals surface area contributed by atoms with E-state index in [9.17, 15) is 9.59 Å². The lowest BCUT2D eigenvalue weighted by atomic mass is 9.80. The Labute approximate surface area is 155 Å². The second kappa shape index (κ2) is 9.65. The van der Waals surface area contributed by atoms with Crippen LogP contribution in [0.2, 0.25) is 0 Å². The van der Waals surface area contributed by atoms with E-state index in [1.165, 1.54) is 7.11 Å². The molecule has 142 valence electrons. The molecule has 1 atom stereocenters. The normalized spacial score (nSPS) is 16.3. The number of benzene rings is 1. The van der Waals surface area contributed by atoms with Crippen LogP contribution in [-0.4, -0.2) is 25.7 Å². The topological polar surface area (TPSA) is 90.6 Å². The number of hydrogen-bond donors (Lipinski definition) is 2. The molecule has 6 nitrogen and oxygen atoms in total. The molecule has 1 unspecified atom stereocenters. The lowest BCUT2D eigenvalue weighted by Crippen LogP contribution is -2.32. The van der Waals surface area contributed by atoms with E-state index in [0.717, 1.165) is 5.56 Å². The molecule has 0 saturated heterocycles. The SMILES string of the molecule is CC.CCOC(=O)C1=C(C)NC(C)=C(C(=O)OC)C1c1cccc(N)c1. The van der Waals surface area contributed by atoms with Crippen LogP contribution < -0.4 is 11.1 Å². The van der Waals surface area contributed by atoms with Crippen LogP contribution in [0.5, 0.6) is 0 Å². The van der Waals surface area contributed by atoms with E-state index in [1.54, 1.807) is 39.0 Å². The Morgan fingerprint density at radius 3 is 2.19 bits per heavy atom. The average Bonchev–Trinajstić information content (AvgIpc) is 2.62. The largest absolute Gasteiger partial charge is 0.466 e. The minimum absolute atomic E-state index is 0.246. The Balaban J connectivity index is 0.00000163. The summed E-state index contributed by atoms with van der Waals surface area (Å²) >= 11 is 0. The molecule has 3 N–H and O–H groups in total. The highest BCUT2D eigenvalue weighted by atomic mass is 16.5. The van der Waals surface area contributed by atoms with Gasteiger partial charge in [-0.1, -0.05) is 26.0 Å². The first-order chi connectivity index (χ1) is 12.4. The zero-order valence-electron chi connectivity index (χ0n) is 16.3. The molecule has 0 bridgehead atoms. The van der Waals surface area contributed by atoms with Gasteiger partial charge in [-0.3, -0.25) is 0 Å². The second-order valence-corrected chi connectivity index (χ2v) is 5.52. The van der Waals surface area contributed by atoms with Gasteiger partial charge < -0.3 is 20.5 Å². The fourth-order valence-corrected chi connectivity index (χ4v) is 2.93. The van der Waals surface area contributed by atoms with E-state index in [2.05, 4.69) is 5.32 Å². The summed E-state index contributed by atoms with van der Waals surface area (Å²) in [4.78, 5) is 24.9. The Morgan fingerprint density at radius 1 is 1.12 bits per heavy atom. The number of nitrogen functional groups attached to an aromatic ring is 1. The van der Waals surface area contributed by atoms with Crippen LogP contribution in [-0.2, 0) is 19.1 Å². The maximum absolute atomic E-state index is 12.5.